The molecule has 0 unspecified atom stereocenters. The van der Waals surface area contributed by atoms with Gasteiger partial charge < -0.3 is 4.90 Å². The van der Waals surface area contributed by atoms with Gasteiger partial charge in [-0.1, -0.05) is 12.1 Å². The van der Waals surface area contributed by atoms with Crippen molar-refractivity contribution in [3.63, 3.8) is 0 Å². The number of imide groups is 1. The molecular weight excluding hydrogens is 280 g/mol. The van der Waals surface area contributed by atoms with E-state index in [1.807, 2.05) is 6.07 Å². The van der Waals surface area contributed by atoms with Crippen molar-refractivity contribution in [2.75, 3.05) is 6.54 Å². The number of carbonyl (C=O) groups excluding carboxylic acids is 3. The molecule has 6 heteroatoms. The first-order valence-corrected chi connectivity index (χ1v) is 6.71. The van der Waals surface area contributed by atoms with Gasteiger partial charge in [-0.15, -0.1) is 11.6 Å². The summed E-state index contributed by atoms with van der Waals surface area (Å²) in [5.74, 6) is -1.01. The molecule has 106 valence electrons. The van der Waals surface area contributed by atoms with Crippen molar-refractivity contribution in [3.8, 4) is 0 Å². The lowest BCUT2D eigenvalue weighted by Gasteiger charge is -2.40. The minimum atomic E-state index is -1.07. The van der Waals surface area contributed by atoms with Crippen molar-refractivity contribution in [2.24, 2.45) is 0 Å². The summed E-state index contributed by atoms with van der Waals surface area (Å²) in [6, 6.07) is 6.85. The molecule has 0 radical (unpaired) electrons. The fourth-order valence-electron chi connectivity index (χ4n) is 2.05. The molecule has 1 fully saturated rings. The molecule has 1 N–H and O–H groups in total. The monoisotopic (exact) mass is 294 g/mol. The van der Waals surface area contributed by atoms with Gasteiger partial charge in [0.15, 0.2) is 0 Å². The van der Waals surface area contributed by atoms with E-state index in [1.54, 1.807) is 32.0 Å². The van der Waals surface area contributed by atoms with Crippen molar-refractivity contribution < 1.29 is 14.4 Å². The number of amides is 3. The first-order chi connectivity index (χ1) is 9.36. The maximum atomic E-state index is 12.5. The maximum Gasteiger partial charge on any atom is 0.255 e. The van der Waals surface area contributed by atoms with Crippen molar-refractivity contribution in [3.05, 3.63) is 35.4 Å². The van der Waals surface area contributed by atoms with Crippen molar-refractivity contribution >= 4 is 29.3 Å². The molecule has 3 amide bonds. The van der Waals surface area contributed by atoms with Crippen LogP contribution in [0, 0.1) is 0 Å². The Hall–Kier alpha value is -1.88. The van der Waals surface area contributed by atoms with E-state index in [1.165, 1.54) is 4.90 Å². The van der Waals surface area contributed by atoms with E-state index in [9.17, 15) is 14.4 Å². The first kappa shape index (κ1) is 14.5. The number of nitrogens with one attached hydrogen (secondary N) is 1. The average molecular weight is 295 g/mol. The van der Waals surface area contributed by atoms with Crippen LogP contribution in [-0.4, -0.2) is 34.7 Å². The van der Waals surface area contributed by atoms with Gasteiger partial charge in [0.1, 0.15) is 12.1 Å². The van der Waals surface area contributed by atoms with E-state index in [4.69, 9.17) is 11.6 Å². The Morgan fingerprint density at radius 3 is 2.75 bits per heavy atom. The fraction of sp³-hybridized carbons (Fsp3) is 0.357. The number of carbonyl (C=O) groups is 3. The van der Waals surface area contributed by atoms with E-state index >= 15 is 0 Å². The number of alkyl halides is 1. The molecule has 5 nitrogen and oxygen atoms in total. The van der Waals surface area contributed by atoms with Crippen LogP contribution in [0.2, 0.25) is 0 Å². The zero-order valence-corrected chi connectivity index (χ0v) is 12.0. The van der Waals surface area contributed by atoms with Gasteiger partial charge in [0.05, 0.1) is 0 Å². The predicted octanol–water partition coefficient (Wildman–Crippen LogP) is 1.30. The number of nitrogens with zero attached hydrogens (tertiary/aromatic N) is 1. The van der Waals surface area contributed by atoms with Crippen LogP contribution in [0.3, 0.4) is 0 Å². The molecule has 1 aliphatic heterocycles. The van der Waals surface area contributed by atoms with Gasteiger partial charge in [-0.05, 0) is 31.5 Å². The van der Waals surface area contributed by atoms with Gasteiger partial charge in [0.25, 0.3) is 11.8 Å². The lowest BCUT2D eigenvalue weighted by Crippen LogP contribution is -2.65. The Morgan fingerprint density at radius 2 is 2.10 bits per heavy atom. The van der Waals surface area contributed by atoms with Crippen molar-refractivity contribution in [1.29, 1.82) is 0 Å². The van der Waals surface area contributed by atoms with E-state index < -0.39 is 17.4 Å². The summed E-state index contributed by atoms with van der Waals surface area (Å²) in [7, 11) is 0. The van der Waals surface area contributed by atoms with Crippen LogP contribution < -0.4 is 5.32 Å². The quantitative estimate of drug-likeness (QED) is 0.660. The number of hydrogen-bond donors (Lipinski definition) is 1. The maximum absolute atomic E-state index is 12.5. The third-order valence-corrected chi connectivity index (χ3v) is 3.67. The van der Waals surface area contributed by atoms with Gasteiger partial charge in [-0.3, -0.25) is 19.7 Å². The number of piperazine rings is 1. The molecule has 1 saturated heterocycles. The molecule has 1 aliphatic rings. The first-order valence-electron chi connectivity index (χ1n) is 6.17. The Balaban J connectivity index is 2.35. The highest BCUT2D eigenvalue weighted by molar-refractivity contribution is 6.17. The highest BCUT2D eigenvalue weighted by atomic mass is 35.5. The van der Waals surface area contributed by atoms with E-state index in [0.29, 0.717) is 11.4 Å². The summed E-state index contributed by atoms with van der Waals surface area (Å²) < 4.78 is 0. The minimum absolute atomic E-state index is 0.136. The molecule has 1 heterocycles. The van der Waals surface area contributed by atoms with Crippen LogP contribution >= 0.6 is 11.6 Å². The Bertz CT molecular complexity index is 584. The Morgan fingerprint density at radius 1 is 1.40 bits per heavy atom. The van der Waals surface area contributed by atoms with E-state index in [-0.39, 0.29) is 12.5 Å². The van der Waals surface area contributed by atoms with Crippen LogP contribution in [0.1, 0.15) is 29.8 Å². The topological polar surface area (TPSA) is 66.5 Å². The van der Waals surface area contributed by atoms with Crippen molar-refractivity contribution in [1.82, 2.24) is 10.2 Å². The van der Waals surface area contributed by atoms with Crippen LogP contribution in [0.15, 0.2) is 24.3 Å². The normalized spacial score (nSPS) is 17.9. The SMILES string of the molecule is CC1(C)C(=O)NC(=O)CN1C(=O)c1cccc(CCl)c1. The Kier molecular flexibility index (Phi) is 3.81. The molecule has 2 rings (SSSR count). The molecule has 20 heavy (non-hydrogen) atoms. The second-order valence-electron chi connectivity index (χ2n) is 5.16. The van der Waals surface area contributed by atoms with Crippen LogP contribution in [0.4, 0.5) is 0 Å². The Labute approximate surface area is 121 Å². The second kappa shape index (κ2) is 5.25. The zero-order valence-electron chi connectivity index (χ0n) is 11.3. The summed E-state index contributed by atoms with van der Waals surface area (Å²) >= 11 is 5.75. The van der Waals surface area contributed by atoms with Crippen LogP contribution in [0.25, 0.3) is 0 Å². The van der Waals surface area contributed by atoms with E-state index in [2.05, 4.69) is 5.32 Å². The average Bonchev–Trinajstić information content (AvgIpc) is 2.42. The van der Waals surface area contributed by atoms with Crippen molar-refractivity contribution in [2.45, 2.75) is 25.3 Å². The number of benzene rings is 1. The smallest absolute Gasteiger partial charge is 0.255 e. The molecule has 0 aliphatic carbocycles. The lowest BCUT2D eigenvalue weighted by atomic mass is 9.97. The molecule has 0 aromatic heterocycles. The third kappa shape index (κ3) is 2.54. The molecule has 1 aromatic rings. The largest absolute Gasteiger partial charge is 0.315 e. The minimum Gasteiger partial charge on any atom is -0.315 e. The fourth-order valence-corrected chi connectivity index (χ4v) is 2.22. The molecule has 0 bridgehead atoms. The predicted molar refractivity (Wildman–Crippen MR) is 74.3 cm³/mol. The van der Waals surface area contributed by atoms with Gasteiger partial charge in [-0.25, -0.2) is 0 Å². The van der Waals surface area contributed by atoms with Gasteiger partial charge >= 0.3 is 0 Å². The molecule has 0 atom stereocenters. The van der Waals surface area contributed by atoms with Crippen LogP contribution in [-0.2, 0) is 15.5 Å². The van der Waals surface area contributed by atoms with Gasteiger partial charge in [-0.2, -0.15) is 0 Å². The van der Waals surface area contributed by atoms with E-state index in [0.717, 1.165) is 5.56 Å². The van der Waals surface area contributed by atoms with Crippen LogP contribution in [0.5, 0.6) is 0 Å². The van der Waals surface area contributed by atoms with Gasteiger partial charge in [0, 0.05) is 11.4 Å². The molecular formula is C14H15ClN2O3. The number of rotatable bonds is 2. The van der Waals surface area contributed by atoms with Gasteiger partial charge in [0.2, 0.25) is 5.91 Å². The molecule has 0 saturated carbocycles. The summed E-state index contributed by atoms with van der Waals surface area (Å²) in [6.45, 7) is 3.08. The summed E-state index contributed by atoms with van der Waals surface area (Å²) in [4.78, 5) is 37.1. The standard InChI is InChI=1S/C14H15ClN2O3/c1-14(2)13(20)16-11(18)8-17(14)12(19)10-5-3-4-9(6-10)7-15/h3-6H,7-8H2,1-2H3,(H,16,18,20). The summed E-state index contributed by atoms with van der Waals surface area (Å²) in [5.41, 5.74) is 0.156. The summed E-state index contributed by atoms with van der Waals surface area (Å²) in [5, 5.41) is 2.24. The lowest BCUT2D eigenvalue weighted by molar-refractivity contribution is -0.143. The molecule has 0 spiro atoms. The summed E-state index contributed by atoms with van der Waals surface area (Å²) in [6.07, 6.45) is 0. The second-order valence-corrected chi connectivity index (χ2v) is 5.43. The zero-order chi connectivity index (χ0) is 14.9. The highest BCUT2D eigenvalue weighted by Crippen LogP contribution is 2.21. The third-order valence-electron chi connectivity index (χ3n) is 3.36. The highest BCUT2D eigenvalue weighted by Gasteiger charge is 2.43. The number of halogens is 1. The number of hydrogen-bond acceptors (Lipinski definition) is 3. The molecule has 1 aromatic carbocycles.